The minimum Gasteiger partial charge on any atom is -0.385 e. The number of nitrogens with zero attached hydrogens (tertiary/aromatic N) is 3. The molecule has 2 bridgehead atoms. The molecule has 0 saturated carbocycles. The van der Waals surface area contributed by atoms with Crippen LogP contribution in [-0.2, 0) is 5.60 Å². The van der Waals surface area contributed by atoms with Gasteiger partial charge >= 0.3 is 0 Å². The summed E-state index contributed by atoms with van der Waals surface area (Å²) in [6, 6.07) is 1.03. The van der Waals surface area contributed by atoms with Crippen LogP contribution in [0.25, 0.3) is 0 Å². The van der Waals surface area contributed by atoms with E-state index >= 15 is 0 Å². The molecule has 0 amide bonds. The molecular formula is C13H19N3O. The molecule has 4 heteroatoms. The highest BCUT2D eigenvalue weighted by molar-refractivity contribution is 5.19. The first-order chi connectivity index (χ1) is 8.08. The number of aryl methyl sites for hydroxylation is 1. The molecule has 2 aliphatic heterocycles. The quantitative estimate of drug-likeness (QED) is 0.792. The van der Waals surface area contributed by atoms with Gasteiger partial charge in [0.25, 0.3) is 0 Å². The highest BCUT2D eigenvalue weighted by Crippen LogP contribution is 2.44. The molecule has 2 fully saturated rings. The van der Waals surface area contributed by atoms with Crippen LogP contribution in [0.5, 0.6) is 0 Å². The van der Waals surface area contributed by atoms with Gasteiger partial charge in [-0.25, -0.2) is 9.97 Å². The Bertz CT molecular complexity index is 403. The van der Waals surface area contributed by atoms with E-state index in [1.807, 2.05) is 6.92 Å². The first-order valence-electron chi connectivity index (χ1n) is 6.32. The van der Waals surface area contributed by atoms with E-state index in [0.717, 1.165) is 24.2 Å². The van der Waals surface area contributed by atoms with Crippen molar-refractivity contribution >= 4 is 0 Å². The van der Waals surface area contributed by atoms with Gasteiger partial charge in [-0.05, 0) is 39.7 Å². The maximum atomic E-state index is 10.8. The van der Waals surface area contributed by atoms with Crippen molar-refractivity contribution in [3.05, 3.63) is 23.8 Å². The molecule has 3 heterocycles. The lowest BCUT2D eigenvalue weighted by Crippen LogP contribution is -2.47. The Labute approximate surface area is 102 Å². The zero-order chi connectivity index (χ0) is 12.0. The summed E-state index contributed by atoms with van der Waals surface area (Å²) < 4.78 is 0. The van der Waals surface area contributed by atoms with Crippen LogP contribution in [0.1, 0.15) is 37.1 Å². The number of hydrogen-bond acceptors (Lipinski definition) is 4. The molecule has 4 nitrogen and oxygen atoms in total. The molecule has 0 radical (unpaired) electrons. The smallest absolute Gasteiger partial charge is 0.125 e. The normalized spacial score (nSPS) is 37.4. The molecule has 92 valence electrons. The number of hydrogen-bond donors (Lipinski definition) is 1. The van der Waals surface area contributed by atoms with Gasteiger partial charge in [-0.3, -0.25) is 0 Å². The van der Waals surface area contributed by atoms with Gasteiger partial charge in [-0.15, -0.1) is 0 Å². The first-order valence-corrected chi connectivity index (χ1v) is 6.32. The van der Waals surface area contributed by atoms with E-state index in [2.05, 4.69) is 21.9 Å². The van der Waals surface area contributed by atoms with E-state index in [0.29, 0.717) is 12.1 Å². The predicted molar refractivity (Wildman–Crippen MR) is 64.5 cm³/mol. The Balaban J connectivity index is 1.90. The van der Waals surface area contributed by atoms with Gasteiger partial charge in [0.15, 0.2) is 0 Å². The van der Waals surface area contributed by atoms with E-state index < -0.39 is 5.60 Å². The van der Waals surface area contributed by atoms with Crippen LogP contribution in [0, 0.1) is 6.92 Å². The Morgan fingerprint density at radius 2 is 1.76 bits per heavy atom. The fourth-order valence-electron chi connectivity index (χ4n) is 3.31. The van der Waals surface area contributed by atoms with Gasteiger partial charge in [-0.1, -0.05) is 0 Å². The maximum Gasteiger partial charge on any atom is 0.125 e. The number of aromatic nitrogens is 2. The highest BCUT2D eigenvalue weighted by Gasteiger charge is 2.46. The Morgan fingerprint density at radius 1 is 1.24 bits per heavy atom. The molecule has 17 heavy (non-hydrogen) atoms. The van der Waals surface area contributed by atoms with Gasteiger partial charge in [0, 0.05) is 30.0 Å². The average Bonchev–Trinajstić information content (AvgIpc) is 2.53. The zero-order valence-electron chi connectivity index (χ0n) is 10.4. The summed E-state index contributed by atoms with van der Waals surface area (Å²) in [5, 5.41) is 10.8. The molecule has 2 unspecified atom stereocenters. The minimum atomic E-state index is -0.716. The summed E-state index contributed by atoms with van der Waals surface area (Å²) in [5.74, 6) is 0.758. The van der Waals surface area contributed by atoms with Crippen LogP contribution in [-0.4, -0.2) is 39.1 Å². The zero-order valence-corrected chi connectivity index (χ0v) is 10.4. The van der Waals surface area contributed by atoms with Crippen LogP contribution in [0.3, 0.4) is 0 Å². The molecule has 1 N–H and O–H groups in total. The fraction of sp³-hybridized carbons (Fsp3) is 0.692. The second kappa shape index (κ2) is 3.75. The molecular weight excluding hydrogens is 214 g/mol. The van der Waals surface area contributed by atoms with Crippen molar-refractivity contribution < 1.29 is 5.11 Å². The molecule has 2 saturated heterocycles. The standard InChI is InChI=1S/C13H19N3O/c1-9-14-7-10(8-15-9)13(17)5-11-3-4-12(6-13)16(11)2/h7-8,11-12,17H,3-6H2,1-2H3. The van der Waals surface area contributed by atoms with E-state index in [1.54, 1.807) is 12.4 Å². The van der Waals surface area contributed by atoms with Crippen molar-refractivity contribution in [1.82, 2.24) is 14.9 Å². The van der Waals surface area contributed by atoms with Crippen LogP contribution >= 0.6 is 0 Å². The summed E-state index contributed by atoms with van der Waals surface area (Å²) in [5.41, 5.74) is 0.166. The summed E-state index contributed by atoms with van der Waals surface area (Å²) in [6.07, 6.45) is 7.60. The van der Waals surface area contributed by atoms with Crippen molar-refractivity contribution in [3.63, 3.8) is 0 Å². The van der Waals surface area contributed by atoms with Gasteiger partial charge in [0.05, 0.1) is 5.60 Å². The highest BCUT2D eigenvalue weighted by atomic mass is 16.3. The van der Waals surface area contributed by atoms with E-state index in [1.165, 1.54) is 12.8 Å². The number of piperidine rings is 1. The second-order valence-electron chi connectivity index (χ2n) is 5.51. The Hall–Kier alpha value is -1.00. The van der Waals surface area contributed by atoms with Gasteiger partial charge in [-0.2, -0.15) is 0 Å². The lowest BCUT2D eigenvalue weighted by Gasteiger charge is -2.42. The molecule has 1 aromatic rings. The molecule has 0 spiro atoms. The Kier molecular flexibility index (Phi) is 2.45. The van der Waals surface area contributed by atoms with E-state index in [9.17, 15) is 5.11 Å². The SMILES string of the molecule is Cc1ncc(C2(O)CC3CCC(C2)N3C)cn1. The maximum absolute atomic E-state index is 10.8. The van der Waals surface area contributed by atoms with Crippen molar-refractivity contribution in [2.24, 2.45) is 0 Å². The van der Waals surface area contributed by atoms with Gasteiger partial charge < -0.3 is 10.0 Å². The monoisotopic (exact) mass is 233 g/mol. The largest absolute Gasteiger partial charge is 0.385 e. The third-order valence-electron chi connectivity index (χ3n) is 4.45. The van der Waals surface area contributed by atoms with Crippen LogP contribution in [0.2, 0.25) is 0 Å². The molecule has 1 aromatic heterocycles. The lowest BCUT2D eigenvalue weighted by molar-refractivity contribution is -0.0497. The lowest BCUT2D eigenvalue weighted by atomic mass is 9.82. The predicted octanol–water partition coefficient (Wildman–Crippen LogP) is 1.23. The van der Waals surface area contributed by atoms with Crippen LogP contribution < -0.4 is 0 Å². The van der Waals surface area contributed by atoms with Gasteiger partial charge in [0.1, 0.15) is 5.82 Å². The van der Waals surface area contributed by atoms with Crippen molar-refractivity contribution in [1.29, 1.82) is 0 Å². The molecule has 0 aliphatic carbocycles. The van der Waals surface area contributed by atoms with E-state index in [4.69, 9.17) is 0 Å². The van der Waals surface area contributed by atoms with Crippen molar-refractivity contribution in [3.8, 4) is 0 Å². The third kappa shape index (κ3) is 1.76. The average molecular weight is 233 g/mol. The van der Waals surface area contributed by atoms with Crippen molar-refractivity contribution in [2.75, 3.05) is 7.05 Å². The second-order valence-corrected chi connectivity index (χ2v) is 5.51. The number of aliphatic hydroxyl groups is 1. The molecule has 2 atom stereocenters. The first kappa shape index (κ1) is 11.1. The van der Waals surface area contributed by atoms with Gasteiger partial charge in [0.2, 0.25) is 0 Å². The number of fused-ring (bicyclic) bond motifs is 2. The van der Waals surface area contributed by atoms with Crippen LogP contribution in [0.4, 0.5) is 0 Å². The minimum absolute atomic E-state index is 0.514. The fourth-order valence-corrected chi connectivity index (χ4v) is 3.31. The van der Waals surface area contributed by atoms with E-state index in [-0.39, 0.29) is 0 Å². The summed E-state index contributed by atoms with van der Waals surface area (Å²) in [4.78, 5) is 10.8. The molecule has 0 aromatic carbocycles. The topological polar surface area (TPSA) is 49.3 Å². The summed E-state index contributed by atoms with van der Waals surface area (Å²) in [7, 11) is 2.17. The molecule has 2 aliphatic rings. The summed E-state index contributed by atoms with van der Waals surface area (Å²) in [6.45, 7) is 1.87. The van der Waals surface area contributed by atoms with Crippen LogP contribution in [0.15, 0.2) is 12.4 Å². The Morgan fingerprint density at radius 3 is 2.29 bits per heavy atom. The summed E-state index contributed by atoms with van der Waals surface area (Å²) >= 11 is 0. The molecule has 3 rings (SSSR count). The van der Waals surface area contributed by atoms with Crippen molar-refractivity contribution in [2.45, 2.75) is 50.3 Å². The number of rotatable bonds is 1. The third-order valence-corrected chi connectivity index (χ3v) is 4.45.